The van der Waals surface area contributed by atoms with Crippen molar-refractivity contribution in [3.05, 3.63) is 97.6 Å². The van der Waals surface area contributed by atoms with Crippen LogP contribution in [0.25, 0.3) is 21.5 Å². The number of allylic oxidation sites excluding steroid dienone is 3. The molecule has 0 bridgehead atoms. The van der Waals surface area contributed by atoms with Gasteiger partial charge in [-0.2, -0.15) is 12.1 Å². The fourth-order valence-electron chi connectivity index (χ4n) is 5.10. The maximum absolute atomic E-state index is 3.46. The molecule has 0 atom stereocenters. The molecule has 4 aromatic rings. The van der Waals surface area contributed by atoms with E-state index in [1.165, 1.54) is 46.2 Å². The summed E-state index contributed by atoms with van der Waals surface area (Å²) in [5, 5.41) is 8.85. The minimum atomic E-state index is 0. The molecule has 226 valence electrons. The molecule has 42 heavy (non-hydrogen) atoms. The molecule has 0 nitrogen and oxygen atoms in total. The summed E-state index contributed by atoms with van der Waals surface area (Å²) in [5.74, 6) is 3.20. The van der Waals surface area contributed by atoms with Crippen LogP contribution >= 0.6 is 15.8 Å². The van der Waals surface area contributed by atoms with E-state index in [1.807, 2.05) is 19.1 Å². The van der Waals surface area contributed by atoms with Crippen LogP contribution in [0.1, 0.15) is 62.3 Å². The second-order valence-electron chi connectivity index (χ2n) is 12.8. The van der Waals surface area contributed by atoms with Crippen molar-refractivity contribution in [2.75, 3.05) is 24.6 Å². The Balaban J connectivity index is 0.000000355. The van der Waals surface area contributed by atoms with Crippen molar-refractivity contribution in [1.29, 1.82) is 0 Å². The Morgan fingerprint density at radius 3 is 1.19 bits per heavy atom. The minimum Gasteiger partial charge on any atom is -0.161 e. The molecular weight excluding hydrogens is 578 g/mol. The van der Waals surface area contributed by atoms with Gasteiger partial charge in [-0.25, -0.2) is 0 Å². The van der Waals surface area contributed by atoms with Crippen molar-refractivity contribution in [3.63, 3.8) is 0 Å². The molecule has 0 spiro atoms. The zero-order valence-corrected chi connectivity index (χ0v) is 31.3. The summed E-state index contributed by atoms with van der Waals surface area (Å²) in [5.41, 5.74) is 0. The van der Waals surface area contributed by atoms with Crippen LogP contribution in [-0.2, 0) is 21.7 Å². The van der Waals surface area contributed by atoms with E-state index in [0.717, 1.165) is 23.7 Å². The van der Waals surface area contributed by atoms with Gasteiger partial charge in [0.15, 0.2) is 0 Å². The first-order valence-electron chi connectivity index (χ1n) is 15.6. The van der Waals surface area contributed by atoms with E-state index < -0.39 is 0 Å². The molecule has 0 aliphatic rings. The quantitative estimate of drug-likeness (QED) is 0.0667. The van der Waals surface area contributed by atoms with Gasteiger partial charge in [-0.05, 0) is 55.2 Å². The van der Waals surface area contributed by atoms with E-state index >= 15 is 0 Å². The monoisotopic (exact) mass is 634 g/mol. The van der Waals surface area contributed by atoms with Crippen LogP contribution in [-0.4, -0.2) is 24.6 Å². The van der Waals surface area contributed by atoms with E-state index in [0.29, 0.717) is 0 Å². The zero-order chi connectivity index (χ0) is 30.4. The third-order valence-corrected chi connectivity index (χ3v) is 13.3. The van der Waals surface area contributed by atoms with Crippen LogP contribution in [0.15, 0.2) is 97.6 Å². The second kappa shape index (κ2) is 20.6. The smallest absolute Gasteiger partial charge is 0.161 e. The fourth-order valence-corrected chi connectivity index (χ4v) is 11.1. The topological polar surface area (TPSA) is 0 Å². The van der Waals surface area contributed by atoms with Gasteiger partial charge in [-0.15, -0.1) is 80.7 Å². The average Bonchev–Trinajstić information content (AvgIpc) is 3.53. The van der Waals surface area contributed by atoms with Crippen LogP contribution in [0.3, 0.4) is 0 Å². The Hall–Kier alpha value is -1.29. The van der Waals surface area contributed by atoms with Gasteiger partial charge in [0.1, 0.15) is 0 Å². The molecule has 0 radical (unpaired) electrons. The number of fused-ring (bicyclic) bond motifs is 2. The van der Waals surface area contributed by atoms with Gasteiger partial charge in [-0.3, -0.25) is 0 Å². The molecule has 0 saturated heterocycles. The SMILES string of the molecule is C=C/C=C/C.CC(C)CP(CC(C)C)c1cc2ccccc2[cH-]1.CC(C)CP(CC(C)C)c1cc2ccccc2[cH-]1.[Ti+2]. The fraction of sp³-hybridized carbons (Fsp3) is 0.436. The van der Waals surface area contributed by atoms with Gasteiger partial charge >= 0.3 is 21.7 Å². The normalized spacial score (nSPS) is 11.5. The molecule has 4 rings (SSSR count). The molecule has 0 amide bonds. The van der Waals surface area contributed by atoms with Crippen LogP contribution in [0.5, 0.6) is 0 Å². The summed E-state index contributed by atoms with van der Waals surface area (Å²) in [6.45, 7) is 24.2. The molecule has 0 fully saturated rings. The maximum atomic E-state index is 3.46. The minimum absolute atomic E-state index is 0. The molecule has 0 saturated carbocycles. The average molecular weight is 635 g/mol. The molecule has 0 aromatic heterocycles. The van der Waals surface area contributed by atoms with Crippen LogP contribution in [0.4, 0.5) is 0 Å². The molecule has 4 aromatic carbocycles. The van der Waals surface area contributed by atoms with Gasteiger partial charge in [0, 0.05) is 0 Å². The summed E-state index contributed by atoms with van der Waals surface area (Å²) in [4.78, 5) is 0. The Labute approximate surface area is 276 Å². The summed E-state index contributed by atoms with van der Waals surface area (Å²) in [7, 11) is 0.0370. The van der Waals surface area contributed by atoms with Crippen molar-refractivity contribution in [3.8, 4) is 0 Å². The number of benzene rings is 2. The van der Waals surface area contributed by atoms with Crippen molar-refractivity contribution < 1.29 is 21.7 Å². The van der Waals surface area contributed by atoms with Gasteiger partial charge in [0.25, 0.3) is 0 Å². The molecule has 0 heterocycles. The predicted molar refractivity (Wildman–Crippen MR) is 196 cm³/mol. The molecule has 0 unspecified atom stereocenters. The predicted octanol–water partition coefficient (Wildman–Crippen LogP) is 11.7. The number of hydrogen-bond donors (Lipinski definition) is 0. The molecule has 0 aliphatic heterocycles. The van der Waals surface area contributed by atoms with E-state index in [9.17, 15) is 0 Å². The van der Waals surface area contributed by atoms with Crippen molar-refractivity contribution in [2.45, 2.75) is 62.3 Å². The second-order valence-corrected chi connectivity index (χ2v) is 17.5. The molecule has 3 heteroatoms. The van der Waals surface area contributed by atoms with E-state index in [1.54, 1.807) is 16.7 Å². The maximum Gasteiger partial charge on any atom is 2.00 e. The summed E-state index contributed by atoms with van der Waals surface area (Å²) < 4.78 is 0. The number of rotatable bonds is 11. The first-order valence-corrected chi connectivity index (χ1v) is 19.0. The third-order valence-electron chi connectivity index (χ3n) is 6.61. The molecule has 0 N–H and O–H groups in total. The first-order chi connectivity index (χ1) is 19.5. The van der Waals surface area contributed by atoms with Gasteiger partial charge < -0.3 is 0 Å². The van der Waals surface area contributed by atoms with Gasteiger partial charge in [-0.1, -0.05) is 108 Å². The van der Waals surface area contributed by atoms with E-state index in [2.05, 4.69) is 135 Å². The summed E-state index contributed by atoms with van der Waals surface area (Å²) in [6.07, 6.45) is 11.0. The summed E-state index contributed by atoms with van der Waals surface area (Å²) in [6, 6.07) is 27.2. The standard InChI is InChI=1S/2C17H24P.C5H8.Ti/c2*1-13(2)11-18(12-14(3)4)17-9-15-7-5-6-8-16(15)10-17;1-3-5-4-2;/h2*5-10,13-14H,11-12H2,1-4H3;3-5H,1H2,2H3;/q2*-1;;+2/b;;5-4+;. The largest absolute Gasteiger partial charge is 2.00 e. The van der Waals surface area contributed by atoms with Crippen molar-refractivity contribution in [2.24, 2.45) is 23.7 Å². The van der Waals surface area contributed by atoms with E-state index in [-0.39, 0.29) is 37.6 Å². The number of hydrogen-bond acceptors (Lipinski definition) is 0. The van der Waals surface area contributed by atoms with E-state index in [4.69, 9.17) is 0 Å². The van der Waals surface area contributed by atoms with Crippen LogP contribution < -0.4 is 10.6 Å². The Morgan fingerprint density at radius 1 is 0.619 bits per heavy atom. The van der Waals surface area contributed by atoms with Gasteiger partial charge in [0.2, 0.25) is 0 Å². The molecule has 0 aliphatic carbocycles. The van der Waals surface area contributed by atoms with Gasteiger partial charge in [0.05, 0.1) is 0 Å². The third kappa shape index (κ3) is 14.0. The zero-order valence-electron chi connectivity index (χ0n) is 27.9. The first kappa shape index (κ1) is 38.7. The van der Waals surface area contributed by atoms with Crippen LogP contribution in [0.2, 0.25) is 0 Å². The summed E-state index contributed by atoms with van der Waals surface area (Å²) >= 11 is 0. The Bertz CT molecular complexity index is 1120. The molecular formula is C39H56P2Ti. The Morgan fingerprint density at radius 2 is 0.952 bits per heavy atom. The van der Waals surface area contributed by atoms with Crippen LogP contribution in [0, 0.1) is 23.7 Å². The van der Waals surface area contributed by atoms with Crippen molar-refractivity contribution in [1.82, 2.24) is 0 Å². The van der Waals surface area contributed by atoms with Crippen molar-refractivity contribution >= 4 is 48.0 Å². The Kier molecular flexibility index (Phi) is 19.0.